The fraction of sp³-hybridized carbons (Fsp3) is 0.421. The largest absolute Gasteiger partial charge is 0.374 e. The Morgan fingerprint density at radius 2 is 2.17 bits per heavy atom. The average Bonchev–Trinajstić information content (AvgIpc) is 2.61. The van der Waals surface area contributed by atoms with Crippen molar-refractivity contribution >= 4 is 11.5 Å². The van der Waals surface area contributed by atoms with Crippen LogP contribution in [0.2, 0.25) is 0 Å². The smallest absolute Gasteiger partial charge is 0.183 e. The van der Waals surface area contributed by atoms with E-state index in [1.165, 1.54) is 19.0 Å². The van der Waals surface area contributed by atoms with Crippen LogP contribution in [0.3, 0.4) is 0 Å². The lowest BCUT2D eigenvalue weighted by atomic mass is 9.89. The number of nitrogens with zero attached hydrogens (tertiary/aromatic N) is 3. The summed E-state index contributed by atoms with van der Waals surface area (Å²) < 4.78 is 6.08. The number of benzene rings is 1. The molecule has 124 valence electrons. The lowest BCUT2D eigenvalue weighted by molar-refractivity contribution is 0.00469. The van der Waals surface area contributed by atoms with Gasteiger partial charge in [-0.15, -0.1) is 0 Å². The number of nitriles is 1. The predicted octanol–water partition coefficient (Wildman–Crippen LogP) is 4.19. The Balaban J connectivity index is 1.63. The van der Waals surface area contributed by atoms with Gasteiger partial charge in [0.05, 0.1) is 12.7 Å². The average molecular weight is 322 g/mol. The zero-order valence-corrected chi connectivity index (χ0v) is 13.9. The summed E-state index contributed by atoms with van der Waals surface area (Å²) in [6.45, 7) is 2.91. The van der Waals surface area contributed by atoms with Crippen LogP contribution in [0.1, 0.15) is 43.9 Å². The molecule has 24 heavy (non-hydrogen) atoms. The second-order valence-corrected chi connectivity index (χ2v) is 6.40. The van der Waals surface area contributed by atoms with Crippen LogP contribution in [0.25, 0.3) is 0 Å². The lowest BCUT2D eigenvalue weighted by Crippen LogP contribution is -2.21. The predicted molar refractivity (Wildman–Crippen MR) is 92.7 cm³/mol. The van der Waals surface area contributed by atoms with Crippen molar-refractivity contribution in [1.29, 1.82) is 5.26 Å². The maximum Gasteiger partial charge on any atom is 0.183 e. The summed E-state index contributed by atoms with van der Waals surface area (Å²) in [5.74, 6) is 1.23. The molecular weight excluding hydrogens is 300 g/mol. The van der Waals surface area contributed by atoms with Crippen LogP contribution in [0.15, 0.2) is 36.7 Å². The van der Waals surface area contributed by atoms with Crippen LogP contribution < -0.4 is 5.32 Å². The van der Waals surface area contributed by atoms with Gasteiger partial charge in [-0.2, -0.15) is 5.26 Å². The van der Waals surface area contributed by atoms with Crippen LogP contribution >= 0.6 is 0 Å². The molecule has 2 unspecified atom stereocenters. The van der Waals surface area contributed by atoms with Crippen molar-refractivity contribution in [3.05, 3.63) is 47.9 Å². The quantitative estimate of drug-likeness (QED) is 0.894. The Kier molecular flexibility index (Phi) is 5.39. The van der Waals surface area contributed by atoms with Crippen LogP contribution in [-0.4, -0.2) is 16.1 Å². The first-order chi connectivity index (χ1) is 11.7. The van der Waals surface area contributed by atoms with Gasteiger partial charge >= 0.3 is 0 Å². The van der Waals surface area contributed by atoms with Gasteiger partial charge in [0, 0.05) is 18.1 Å². The molecule has 1 fully saturated rings. The summed E-state index contributed by atoms with van der Waals surface area (Å²) >= 11 is 0. The Morgan fingerprint density at radius 3 is 3.00 bits per heavy atom. The summed E-state index contributed by atoms with van der Waals surface area (Å²) in [5, 5.41) is 12.2. The van der Waals surface area contributed by atoms with Gasteiger partial charge in [-0.05, 0) is 36.5 Å². The van der Waals surface area contributed by atoms with Crippen molar-refractivity contribution in [2.45, 2.75) is 45.3 Å². The molecule has 3 rings (SSSR count). The highest BCUT2D eigenvalue weighted by atomic mass is 16.5. The standard InChI is InChI=1S/C19H22N4O/c1-14-4-2-7-17(10-14)24-13-15-5-3-6-16(11-15)23-19-18(12-20)21-8-9-22-19/h3,5-6,8-9,11,14,17H,2,4,7,10,13H2,1H3,(H,22,23). The number of rotatable bonds is 5. The van der Waals surface area contributed by atoms with Crippen LogP contribution in [-0.2, 0) is 11.3 Å². The van der Waals surface area contributed by atoms with Crippen molar-refractivity contribution in [2.75, 3.05) is 5.32 Å². The first kappa shape index (κ1) is 16.4. The van der Waals surface area contributed by atoms with Crippen LogP contribution in [0.5, 0.6) is 0 Å². The monoisotopic (exact) mass is 322 g/mol. The summed E-state index contributed by atoms with van der Waals surface area (Å²) in [6, 6.07) is 10.1. The molecule has 0 bridgehead atoms. The molecule has 1 aliphatic carbocycles. The van der Waals surface area contributed by atoms with Crippen molar-refractivity contribution in [1.82, 2.24) is 9.97 Å². The number of nitrogens with one attached hydrogen (secondary N) is 1. The third-order valence-corrected chi connectivity index (χ3v) is 4.37. The van der Waals surface area contributed by atoms with Crippen molar-refractivity contribution < 1.29 is 4.74 Å². The highest BCUT2D eigenvalue weighted by Crippen LogP contribution is 2.26. The van der Waals surface area contributed by atoms with E-state index in [4.69, 9.17) is 10.00 Å². The van der Waals surface area contributed by atoms with Gasteiger partial charge in [0.2, 0.25) is 0 Å². The minimum atomic E-state index is 0.287. The van der Waals surface area contributed by atoms with Crippen LogP contribution in [0, 0.1) is 17.2 Å². The maximum absolute atomic E-state index is 9.09. The fourth-order valence-electron chi connectivity index (χ4n) is 3.13. The molecule has 5 nitrogen and oxygen atoms in total. The van der Waals surface area contributed by atoms with E-state index in [0.29, 0.717) is 18.5 Å². The first-order valence-electron chi connectivity index (χ1n) is 8.43. The Bertz CT molecular complexity index is 725. The normalized spacial score (nSPS) is 20.3. The summed E-state index contributed by atoms with van der Waals surface area (Å²) in [7, 11) is 0. The summed E-state index contributed by atoms with van der Waals surface area (Å²) in [5.41, 5.74) is 2.28. The Hall–Kier alpha value is -2.45. The number of hydrogen-bond acceptors (Lipinski definition) is 5. The molecule has 0 spiro atoms. The number of ether oxygens (including phenoxy) is 1. The van der Waals surface area contributed by atoms with E-state index in [1.54, 1.807) is 6.20 Å². The number of anilines is 2. The Labute approximate surface area is 142 Å². The van der Waals surface area contributed by atoms with Gasteiger partial charge in [0.25, 0.3) is 0 Å². The van der Waals surface area contributed by atoms with E-state index in [-0.39, 0.29) is 5.69 Å². The van der Waals surface area contributed by atoms with Gasteiger partial charge in [0.1, 0.15) is 6.07 Å². The molecule has 0 saturated heterocycles. The second-order valence-electron chi connectivity index (χ2n) is 6.40. The molecule has 1 aromatic carbocycles. The van der Waals surface area contributed by atoms with Gasteiger partial charge in [-0.25, -0.2) is 9.97 Å². The van der Waals surface area contributed by atoms with Crippen LogP contribution in [0.4, 0.5) is 11.5 Å². The molecule has 1 N–H and O–H groups in total. The van der Waals surface area contributed by atoms with Crippen molar-refractivity contribution in [2.24, 2.45) is 5.92 Å². The molecule has 1 aromatic heterocycles. The SMILES string of the molecule is CC1CCCC(OCc2cccc(Nc3nccnc3C#N)c2)C1. The van der Waals surface area contributed by atoms with Gasteiger partial charge in [0.15, 0.2) is 11.5 Å². The third kappa shape index (κ3) is 4.30. The third-order valence-electron chi connectivity index (χ3n) is 4.37. The fourth-order valence-corrected chi connectivity index (χ4v) is 3.13. The topological polar surface area (TPSA) is 70.8 Å². The molecule has 5 heteroatoms. The molecule has 2 atom stereocenters. The minimum absolute atomic E-state index is 0.287. The van der Waals surface area contributed by atoms with E-state index < -0.39 is 0 Å². The maximum atomic E-state index is 9.09. The van der Waals surface area contributed by atoms with Gasteiger partial charge in [-0.3, -0.25) is 0 Å². The summed E-state index contributed by atoms with van der Waals surface area (Å²) in [4.78, 5) is 8.18. The van der Waals surface area contributed by atoms with Gasteiger partial charge in [-0.1, -0.05) is 31.9 Å². The highest BCUT2D eigenvalue weighted by Gasteiger charge is 2.19. The Morgan fingerprint density at radius 1 is 1.29 bits per heavy atom. The molecule has 1 aliphatic rings. The highest BCUT2D eigenvalue weighted by molar-refractivity contribution is 5.60. The minimum Gasteiger partial charge on any atom is -0.374 e. The molecule has 0 radical (unpaired) electrons. The molecule has 0 aliphatic heterocycles. The molecule has 1 saturated carbocycles. The van der Waals surface area contributed by atoms with E-state index >= 15 is 0 Å². The zero-order chi connectivity index (χ0) is 16.8. The van der Waals surface area contributed by atoms with E-state index in [1.807, 2.05) is 24.3 Å². The molecule has 2 aromatic rings. The zero-order valence-electron chi connectivity index (χ0n) is 13.9. The number of hydrogen-bond donors (Lipinski definition) is 1. The summed E-state index contributed by atoms with van der Waals surface area (Å²) in [6.07, 6.45) is 8.35. The second kappa shape index (κ2) is 7.89. The van der Waals surface area contributed by atoms with Crippen molar-refractivity contribution in [3.8, 4) is 6.07 Å². The first-order valence-corrected chi connectivity index (χ1v) is 8.43. The molecule has 0 amide bonds. The van der Waals surface area contributed by atoms with E-state index in [0.717, 1.165) is 30.0 Å². The van der Waals surface area contributed by atoms with E-state index in [9.17, 15) is 0 Å². The number of aromatic nitrogens is 2. The molecule has 1 heterocycles. The molecular formula is C19H22N4O. The van der Waals surface area contributed by atoms with Gasteiger partial charge < -0.3 is 10.1 Å². The lowest BCUT2D eigenvalue weighted by Gasteiger charge is -2.26. The van der Waals surface area contributed by atoms with Crippen molar-refractivity contribution in [3.63, 3.8) is 0 Å². The van der Waals surface area contributed by atoms with E-state index in [2.05, 4.69) is 28.3 Å².